The summed E-state index contributed by atoms with van der Waals surface area (Å²) >= 11 is 0. The number of aromatic nitrogens is 4. The van der Waals surface area contributed by atoms with Crippen molar-refractivity contribution >= 4 is 46.8 Å². The largest absolute Gasteiger partial charge is 0.453 e. The Kier molecular flexibility index (Phi) is 11.9. The fourth-order valence-electron chi connectivity index (χ4n) is 6.99. The SMILES string of the molecule is C=C1C[C@@H](c2ncc(-c3ccc(C#Cc4ccc5nc([C@@H]6CCCN6C(=O)[C@@H](CC(N)=O)NC(=O)OC)[nH]c5c4)cc3)[nH]2)N(C(=O)[C@@H](CC(N)=O)NC(=O)OC)C1. The molecule has 2 aliphatic heterocycles. The maximum atomic E-state index is 13.5. The van der Waals surface area contributed by atoms with Crippen molar-refractivity contribution in [3.05, 3.63) is 83.6 Å². The number of hydrogen-bond donors (Lipinski definition) is 6. The van der Waals surface area contributed by atoms with Gasteiger partial charge in [0.2, 0.25) is 23.6 Å². The Morgan fingerprint density at radius 2 is 1.47 bits per heavy atom. The average molecular weight is 779 g/mol. The molecule has 4 aromatic rings. The van der Waals surface area contributed by atoms with Crippen LogP contribution in [0.15, 0.2) is 60.8 Å². The second-order valence-corrected chi connectivity index (χ2v) is 13.7. The number of alkyl carbamates (subject to hydrolysis) is 2. The first-order valence-electron chi connectivity index (χ1n) is 18.0. The highest BCUT2D eigenvalue weighted by atomic mass is 16.5. The molecule has 0 spiro atoms. The number of nitrogens with zero attached hydrogens (tertiary/aromatic N) is 4. The summed E-state index contributed by atoms with van der Waals surface area (Å²) < 4.78 is 9.24. The molecule has 2 saturated heterocycles. The summed E-state index contributed by atoms with van der Waals surface area (Å²) in [6.45, 7) is 4.68. The van der Waals surface area contributed by atoms with Crippen LogP contribution in [0.1, 0.15) is 67.0 Å². The van der Waals surface area contributed by atoms with E-state index in [2.05, 4.69) is 53.5 Å². The van der Waals surface area contributed by atoms with Gasteiger partial charge in [-0.25, -0.2) is 19.6 Å². The van der Waals surface area contributed by atoms with Crippen molar-refractivity contribution in [3.63, 3.8) is 0 Å². The summed E-state index contributed by atoms with van der Waals surface area (Å²) in [5, 5.41) is 4.80. The molecule has 8 N–H and O–H groups in total. The number of carbonyl (C=O) groups is 6. The molecule has 4 heterocycles. The van der Waals surface area contributed by atoms with E-state index in [9.17, 15) is 28.8 Å². The maximum Gasteiger partial charge on any atom is 0.407 e. The molecule has 18 nitrogen and oxygen atoms in total. The van der Waals surface area contributed by atoms with E-state index in [4.69, 9.17) is 16.5 Å². The van der Waals surface area contributed by atoms with Crippen molar-refractivity contribution in [2.45, 2.75) is 56.3 Å². The van der Waals surface area contributed by atoms with Gasteiger partial charge in [0.15, 0.2) is 0 Å². The second-order valence-electron chi connectivity index (χ2n) is 13.7. The molecule has 0 bridgehead atoms. The van der Waals surface area contributed by atoms with E-state index < -0.39 is 66.4 Å². The fraction of sp³-hybridized carbons (Fsp3) is 0.333. The third-order valence-corrected chi connectivity index (χ3v) is 9.71. The molecule has 2 fully saturated rings. The van der Waals surface area contributed by atoms with Gasteiger partial charge in [0, 0.05) is 24.2 Å². The zero-order valence-electron chi connectivity index (χ0n) is 31.3. The minimum Gasteiger partial charge on any atom is -0.453 e. The number of imidazole rings is 2. The van der Waals surface area contributed by atoms with E-state index in [1.165, 1.54) is 12.0 Å². The topological polar surface area (TPSA) is 261 Å². The van der Waals surface area contributed by atoms with Gasteiger partial charge in [0.05, 0.1) is 62.1 Å². The lowest BCUT2D eigenvalue weighted by molar-refractivity contribution is -0.136. The summed E-state index contributed by atoms with van der Waals surface area (Å²) in [7, 11) is 2.32. The number of ether oxygens (including phenoxy) is 2. The number of aromatic amines is 2. The van der Waals surface area contributed by atoms with Gasteiger partial charge in [-0.1, -0.05) is 36.1 Å². The summed E-state index contributed by atoms with van der Waals surface area (Å²) in [5.74, 6) is 5.02. The van der Waals surface area contributed by atoms with E-state index in [1.54, 1.807) is 11.1 Å². The number of likely N-dealkylation sites (tertiary alicyclic amines) is 2. The van der Waals surface area contributed by atoms with Crippen LogP contribution in [0.3, 0.4) is 0 Å². The number of benzene rings is 2. The Morgan fingerprint density at radius 1 is 0.860 bits per heavy atom. The molecular weight excluding hydrogens is 736 g/mol. The van der Waals surface area contributed by atoms with Crippen LogP contribution in [-0.4, -0.2) is 105 Å². The molecule has 4 atom stereocenters. The monoisotopic (exact) mass is 778 g/mol. The number of rotatable bonds is 11. The van der Waals surface area contributed by atoms with Crippen molar-refractivity contribution in [2.75, 3.05) is 27.3 Å². The predicted molar refractivity (Wildman–Crippen MR) is 204 cm³/mol. The first-order valence-corrected chi connectivity index (χ1v) is 18.0. The fourth-order valence-corrected chi connectivity index (χ4v) is 6.99. The van der Waals surface area contributed by atoms with E-state index in [0.29, 0.717) is 48.7 Å². The first kappa shape index (κ1) is 39.5. The van der Waals surface area contributed by atoms with Gasteiger partial charge in [-0.05, 0) is 55.2 Å². The highest BCUT2D eigenvalue weighted by molar-refractivity contribution is 5.92. The van der Waals surface area contributed by atoms with E-state index in [-0.39, 0.29) is 13.0 Å². The minimum absolute atomic E-state index is 0.220. The summed E-state index contributed by atoms with van der Waals surface area (Å²) in [6, 6.07) is 9.86. The Labute approximate surface area is 326 Å². The van der Waals surface area contributed by atoms with Crippen molar-refractivity contribution < 1.29 is 38.2 Å². The van der Waals surface area contributed by atoms with Gasteiger partial charge < -0.3 is 51.3 Å². The first-order chi connectivity index (χ1) is 27.3. The lowest BCUT2D eigenvalue weighted by Gasteiger charge is -2.27. The number of carbonyl (C=O) groups excluding carboxylic acids is 6. The standard InChI is InChI=1S/C39H42N10O8/c1-21-15-31(49(20-21)37(53)28(18-33(41)51)47-39(55)57-3)34-42-19-29(45-34)24-11-8-22(9-12-24)6-7-23-10-13-25-26(16-23)44-35(43-25)30-5-4-14-48(30)36(52)27(17-32(40)50)46-38(54)56-2/h8-13,16,19,27-28,30-31H,1,4-5,14-15,17-18,20H2,2-3H3,(H2,40,50)(H2,41,51)(H,42,45)(H,43,44)(H,46,54)(H,47,55)/t27-,28-,30+,31+/m1/s1. The highest BCUT2D eigenvalue weighted by Gasteiger charge is 2.39. The van der Waals surface area contributed by atoms with Crippen molar-refractivity contribution in [2.24, 2.45) is 11.5 Å². The molecule has 2 aromatic heterocycles. The molecule has 0 saturated carbocycles. The van der Waals surface area contributed by atoms with E-state index in [0.717, 1.165) is 34.9 Å². The number of hydrogen-bond acceptors (Lipinski definition) is 10. The third kappa shape index (κ3) is 9.21. The van der Waals surface area contributed by atoms with Crippen LogP contribution in [-0.2, 0) is 28.7 Å². The van der Waals surface area contributed by atoms with Gasteiger partial charge in [0.25, 0.3) is 0 Å². The zero-order chi connectivity index (χ0) is 40.8. The quantitative estimate of drug-likeness (QED) is 0.0954. The number of amides is 6. The number of primary amides is 2. The van der Waals surface area contributed by atoms with Gasteiger partial charge in [-0.15, -0.1) is 0 Å². The van der Waals surface area contributed by atoms with Crippen LogP contribution in [0.25, 0.3) is 22.3 Å². The minimum atomic E-state index is -1.21. The Bertz CT molecular complexity index is 2290. The number of methoxy groups -OCH3 is 2. The lowest BCUT2D eigenvalue weighted by atomic mass is 10.1. The number of fused-ring (bicyclic) bond motifs is 1. The van der Waals surface area contributed by atoms with Crippen LogP contribution in [0.4, 0.5) is 9.59 Å². The highest BCUT2D eigenvalue weighted by Crippen LogP contribution is 2.35. The van der Waals surface area contributed by atoms with Crippen LogP contribution in [0.2, 0.25) is 0 Å². The second kappa shape index (κ2) is 17.1. The molecule has 6 amide bonds. The number of H-pyrrole nitrogens is 2. The molecule has 57 heavy (non-hydrogen) atoms. The summed E-state index contributed by atoms with van der Waals surface area (Å²) in [4.78, 5) is 93.0. The van der Waals surface area contributed by atoms with Crippen molar-refractivity contribution in [1.82, 2.24) is 40.4 Å². The Hall–Kier alpha value is -7.16. The Morgan fingerprint density at radius 3 is 2.11 bits per heavy atom. The molecule has 0 unspecified atom stereocenters. The van der Waals surface area contributed by atoms with Gasteiger partial charge in [-0.3, -0.25) is 19.2 Å². The maximum absolute atomic E-state index is 13.5. The van der Waals surface area contributed by atoms with Gasteiger partial charge >= 0.3 is 12.2 Å². The summed E-state index contributed by atoms with van der Waals surface area (Å²) in [5.41, 5.74) is 15.9. The molecule has 296 valence electrons. The lowest BCUT2D eigenvalue weighted by Crippen LogP contribution is -2.50. The van der Waals surface area contributed by atoms with Crippen LogP contribution < -0.4 is 22.1 Å². The van der Waals surface area contributed by atoms with Gasteiger partial charge in [-0.2, -0.15) is 0 Å². The molecule has 2 aliphatic rings. The van der Waals surface area contributed by atoms with E-state index in [1.807, 2.05) is 42.5 Å². The molecule has 0 radical (unpaired) electrons. The van der Waals surface area contributed by atoms with Crippen LogP contribution in [0.5, 0.6) is 0 Å². The zero-order valence-corrected chi connectivity index (χ0v) is 31.3. The third-order valence-electron chi connectivity index (χ3n) is 9.71. The van der Waals surface area contributed by atoms with Crippen LogP contribution >= 0.6 is 0 Å². The number of nitrogens with two attached hydrogens (primary N) is 2. The molecular formula is C39H42N10O8. The van der Waals surface area contributed by atoms with Crippen molar-refractivity contribution in [1.29, 1.82) is 0 Å². The molecule has 6 rings (SSSR count). The van der Waals surface area contributed by atoms with E-state index >= 15 is 0 Å². The molecule has 0 aliphatic carbocycles. The molecule has 2 aromatic carbocycles. The van der Waals surface area contributed by atoms with Crippen LogP contribution in [0, 0.1) is 11.8 Å². The Balaban J connectivity index is 1.13. The predicted octanol–water partition coefficient (Wildman–Crippen LogP) is 2.05. The average Bonchev–Trinajstić information content (AvgIpc) is 4.01. The molecule has 18 heteroatoms. The number of nitrogens with one attached hydrogen (secondary N) is 4. The normalized spacial score (nSPS) is 17.3. The van der Waals surface area contributed by atoms with Gasteiger partial charge in [0.1, 0.15) is 23.7 Å². The smallest absolute Gasteiger partial charge is 0.407 e. The van der Waals surface area contributed by atoms with Crippen molar-refractivity contribution in [3.8, 4) is 23.1 Å². The summed E-state index contributed by atoms with van der Waals surface area (Å²) in [6.07, 6.45) is 0.987.